The molecule has 10 heteroatoms. The number of halogens is 1. The highest BCUT2D eigenvalue weighted by molar-refractivity contribution is 7.89. The van der Waals surface area contributed by atoms with Gasteiger partial charge in [-0.15, -0.1) is 12.4 Å². The molecule has 2 rings (SSSR count). The molecule has 2 heterocycles. The van der Waals surface area contributed by atoms with E-state index in [0.29, 0.717) is 6.54 Å². The Bertz CT molecular complexity index is 557. The fourth-order valence-electron chi connectivity index (χ4n) is 1.87. The van der Waals surface area contributed by atoms with E-state index in [1.54, 1.807) is 0 Å². The minimum absolute atomic E-state index is 0. The van der Waals surface area contributed by atoms with Gasteiger partial charge < -0.3 is 5.32 Å². The number of aromatic nitrogens is 1. The Morgan fingerprint density at radius 3 is 2.70 bits per heavy atom. The molecule has 8 nitrogen and oxygen atoms in total. The van der Waals surface area contributed by atoms with Crippen molar-refractivity contribution in [2.45, 2.75) is 23.9 Å². The first kappa shape index (κ1) is 16.8. The minimum Gasteiger partial charge on any atom is -0.315 e. The maximum Gasteiger partial charge on any atom is 0.287 e. The molecule has 1 unspecified atom stereocenters. The van der Waals surface area contributed by atoms with Gasteiger partial charge >= 0.3 is 0 Å². The number of rotatable bonds is 4. The number of nitrogens with zero attached hydrogens (tertiary/aromatic N) is 2. The number of piperidine rings is 1. The first-order valence-corrected chi connectivity index (χ1v) is 7.31. The van der Waals surface area contributed by atoms with Gasteiger partial charge in [-0.2, -0.15) is 0 Å². The number of hydrogen-bond donors (Lipinski definition) is 2. The lowest BCUT2D eigenvalue weighted by atomic mass is 10.1. The van der Waals surface area contributed by atoms with Gasteiger partial charge in [0.2, 0.25) is 0 Å². The number of pyridine rings is 1. The summed E-state index contributed by atoms with van der Waals surface area (Å²) in [6, 6.07) is 2.09. The third kappa shape index (κ3) is 4.10. The molecule has 0 aliphatic carbocycles. The van der Waals surface area contributed by atoms with Crippen LogP contribution in [-0.4, -0.2) is 37.5 Å². The zero-order valence-electron chi connectivity index (χ0n) is 10.5. The van der Waals surface area contributed by atoms with Crippen molar-refractivity contribution in [2.75, 3.05) is 13.1 Å². The van der Waals surface area contributed by atoms with Gasteiger partial charge in [0.05, 0.1) is 4.92 Å². The molecule has 0 amide bonds. The summed E-state index contributed by atoms with van der Waals surface area (Å²) in [5.74, 6) is 0. The Kier molecular flexibility index (Phi) is 5.81. The Hall–Kier alpha value is -1.29. The number of hydrogen-bond acceptors (Lipinski definition) is 6. The molecule has 1 aromatic heterocycles. The fourth-order valence-corrected chi connectivity index (χ4v) is 3.07. The molecule has 1 aromatic rings. The quantitative estimate of drug-likeness (QED) is 0.614. The Morgan fingerprint density at radius 2 is 2.20 bits per heavy atom. The van der Waals surface area contributed by atoms with Crippen LogP contribution in [0.1, 0.15) is 12.8 Å². The summed E-state index contributed by atoms with van der Waals surface area (Å²) in [5, 5.41) is 13.4. The van der Waals surface area contributed by atoms with Gasteiger partial charge in [-0.3, -0.25) is 10.1 Å². The van der Waals surface area contributed by atoms with Crippen LogP contribution in [0.5, 0.6) is 0 Å². The predicted octanol–water partition coefficient (Wildman–Crippen LogP) is 0.442. The van der Waals surface area contributed by atoms with E-state index in [0.717, 1.165) is 37.7 Å². The molecule has 1 aliphatic heterocycles. The van der Waals surface area contributed by atoms with E-state index in [1.807, 2.05) is 0 Å². The lowest BCUT2D eigenvalue weighted by Crippen LogP contribution is -2.45. The van der Waals surface area contributed by atoms with Gasteiger partial charge in [0.1, 0.15) is 6.20 Å². The summed E-state index contributed by atoms with van der Waals surface area (Å²) in [5.41, 5.74) is -0.238. The van der Waals surface area contributed by atoms with Gasteiger partial charge in [0.25, 0.3) is 15.7 Å². The van der Waals surface area contributed by atoms with E-state index in [2.05, 4.69) is 15.0 Å². The third-order valence-electron chi connectivity index (χ3n) is 2.83. The summed E-state index contributed by atoms with van der Waals surface area (Å²) in [7, 11) is -3.73. The highest BCUT2D eigenvalue weighted by atomic mass is 35.5. The standard InChI is InChI=1S/C10H14N4O4S.ClH/c15-14(16)9-3-4-10(12-7-9)19(17,18)13-8-2-1-5-11-6-8;/h3-4,7-8,11,13H,1-2,5-6H2;1H. The van der Waals surface area contributed by atoms with E-state index in [1.165, 1.54) is 0 Å². The normalized spacial score (nSPS) is 19.1. The number of nitrogens with one attached hydrogen (secondary N) is 2. The Morgan fingerprint density at radius 1 is 1.45 bits per heavy atom. The van der Waals surface area contributed by atoms with E-state index in [9.17, 15) is 18.5 Å². The summed E-state index contributed by atoms with van der Waals surface area (Å²) >= 11 is 0. The maximum atomic E-state index is 12.0. The smallest absolute Gasteiger partial charge is 0.287 e. The summed E-state index contributed by atoms with van der Waals surface area (Å²) < 4.78 is 26.6. The molecule has 1 atom stereocenters. The largest absolute Gasteiger partial charge is 0.315 e. The van der Waals surface area contributed by atoms with Crippen LogP contribution in [0.4, 0.5) is 5.69 Å². The van der Waals surface area contributed by atoms with Gasteiger partial charge in [-0.05, 0) is 25.5 Å². The minimum atomic E-state index is -3.73. The van der Waals surface area contributed by atoms with Crippen molar-refractivity contribution in [3.05, 3.63) is 28.4 Å². The zero-order chi connectivity index (χ0) is 13.9. The lowest BCUT2D eigenvalue weighted by Gasteiger charge is -2.23. The van der Waals surface area contributed by atoms with Crippen molar-refractivity contribution in [1.29, 1.82) is 0 Å². The Labute approximate surface area is 122 Å². The molecule has 1 aliphatic rings. The molecule has 0 aromatic carbocycles. The lowest BCUT2D eigenvalue weighted by molar-refractivity contribution is -0.385. The topological polar surface area (TPSA) is 114 Å². The van der Waals surface area contributed by atoms with Crippen LogP contribution in [0.15, 0.2) is 23.4 Å². The molecule has 0 saturated carbocycles. The second-order valence-corrected chi connectivity index (χ2v) is 5.94. The molecule has 20 heavy (non-hydrogen) atoms. The summed E-state index contributed by atoms with van der Waals surface area (Å²) in [6.45, 7) is 1.46. The molecular formula is C10H15ClN4O4S. The molecule has 0 bridgehead atoms. The average molecular weight is 323 g/mol. The van der Waals surface area contributed by atoms with Crippen LogP contribution in [0.2, 0.25) is 0 Å². The molecule has 2 N–H and O–H groups in total. The van der Waals surface area contributed by atoms with Crippen molar-refractivity contribution >= 4 is 28.1 Å². The van der Waals surface area contributed by atoms with Gasteiger partial charge in [-0.1, -0.05) is 0 Å². The highest BCUT2D eigenvalue weighted by Gasteiger charge is 2.23. The van der Waals surface area contributed by atoms with Crippen LogP contribution >= 0.6 is 12.4 Å². The van der Waals surface area contributed by atoms with E-state index in [-0.39, 0.29) is 29.2 Å². The Balaban J connectivity index is 0.00000200. The van der Waals surface area contributed by atoms with Crippen LogP contribution in [0.25, 0.3) is 0 Å². The van der Waals surface area contributed by atoms with Gasteiger partial charge in [-0.25, -0.2) is 18.1 Å². The molecular weight excluding hydrogens is 308 g/mol. The second-order valence-electron chi connectivity index (χ2n) is 4.28. The van der Waals surface area contributed by atoms with Crippen LogP contribution in [-0.2, 0) is 10.0 Å². The average Bonchev–Trinajstić information content (AvgIpc) is 2.39. The molecule has 1 saturated heterocycles. The first-order valence-electron chi connectivity index (χ1n) is 5.82. The van der Waals surface area contributed by atoms with Crippen molar-refractivity contribution in [3.8, 4) is 0 Å². The first-order chi connectivity index (χ1) is 8.99. The maximum absolute atomic E-state index is 12.0. The third-order valence-corrected chi connectivity index (χ3v) is 4.26. The molecule has 0 spiro atoms. The van der Waals surface area contributed by atoms with Crippen LogP contribution in [0, 0.1) is 10.1 Å². The van der Waals surface area contributed by atoms with Crippen LogP contribution in [0.3, 0.4) is 0 Å². The number of sulfonamides is 1. The summed E-state index contributed by atoms with van der Waals surface area (Å²) in [6.07, 6.45) is 2.60. The van der Waals surface area contributed by atoms with Gasteiger partial charge in [0, 0.05) is 18.7 Å². The van der Waals surface area contributed by atoms with E-state index >= 15 is 0 Å². The number of nitro groups is 1. The molecule has 1 fully saturated rings. The van der Waals surface area contributed by atoms with Crippen molar-refractivity contribution in [2.24, 2.45) is 0 Å². The van der Waals surface area contributed by atoms with Crippen molar-refractivity contribution in [3.63, 3.8) is 0 Å². The highest BCUT2D eigenvalue weighted by Crippen LogP contribution is 2.13. The SMILES string of the molecule is Cl.O=[N+]([O-])c1ccc(S(=O)(=O)NC2CCCNC2)nc1. The van der Waals surface area contributed by atoms with Crippen molar-refractivity contribution < 1.29 is 13.3 Å². The van der Waals surface area contributed by atoms with Crippen molar-refractivity contribution in [1.82, 2.24) is 15.0 Å². The summed E-state index contributed by atoms with van der Waals surface area (Å²) in [4.78, 5) is 13.5. The van der Waals surface area contributed by atoms with E-state index < -0.39 is 14.9 Å². The monoisotopic (exact) mass is 322 g/mol. The van der Waals surface area contributed by atoms with Gasteiger partial charge in [0.15, 0.2) is 5.03 Å². The fraction of sp³-hybridized carbons (Fsp3) is 0.500. The zero-order valence-corrected chi connectivity index (χ0v) is 12.1. The molecule has 0 radical (unpaired) electrons. The second kappa shape index (κ2) is 6.93. The van der Waals surface area contributed by atoms with E-state index in [4.69, 9.17) is 0 Å². The van der Waals surface area contributed by atoms with Crippen LogP contribution < -0.4 is 10.0 Å². The predicted molar refractivity (Wildman–Crippen MR) is 74.4 cm³/mol. The molecule has 112 valence electrons.